The van der Waals surface area contributed by atoms with Crippen LogP contribution in [0.15, 0.2) is 18.2 Å². The number of halogens is 1. The highest BCUT2D eigenvalue weighted by Gasteiger charge is 2.74. The van der Waals surface area contributed by atoms with E-state index in [1.165, 1.54) is 4.90 Å². The number of fused-ring (bicyclic) bond motifs is 4. The summed E-state index contributed by atoms with van der Waals surface area (Å²) in [6.45, 7) is 2.28. The monoisotopic (exact) mass is 405 g/mol. The number of unbranched alkanes of at least 4 members (excludes halogenated alkanes) is 1. The minimum atomic E-state index is -1.32. The lowest BCUT2D eigenvalue weighted by molar-refractivity contribution is -0.732. The first-order valence-corrected chi connectivity index (χ1v) is 9.80. The average molecular weight is 406 g/mol. The van der Waals surface area contributed by atoms with E-state index in [1.54, 1.807) is 23.5 Å². The molecule has 0 bridgehead atoms. The summed E-state index contributed by atoms with van der Waals surface area (Å²) < 4.78 is 0. The molecule has 9 heteroatoms. The van der Waals surface area contributed by atoms with Gasteiger partial charge in [-0.25, -0.2) is 0 Å². The second kappa shape index (κ2) is 6.56. The molecule has 0 unspecified atom stereocenters. The summed E-state index contributed by atoms with van der Waals surface area (Å²) in [4.78, 5) is 52.4. The summed E-state index contributed by atoms with van der Waals surface area (Å²) in [5.74, 6) is -3.32. The van der Waals surface area contributed by atoms with Crippen molar-refractivity contribution in [1.82, 2.24) is 4.90 Å². The molecule has 0 saturated carbocycles. The van der Waals surface area contributed by atoms with Crippen LogP contribution >= 0.6 is 11.6 Å². The van der Waals surface area contributed by atoms with Crippen LogP contribution in [0, 0.1) is 11.8 Å². The lowest BCUT2D eigenvalue weighted by Gasteiger charge is -2.26. The molecule has 4 amide bonds. The molecule has 5 N–H and O–H groups in total. The van der Waals surface area contributed by atoms with Crippen molar-refractivity contribution in [1.29, 1.82) is 0 Å². The first kappa shape index (κ1) is 18.9. The number of hydrogen-bond acceptors (Lipinski definition) is 4. The third-order valence-electron chi connectivity index (χ3n) is 6.12. The largest absolute Gasteiger partial charge is 0.369 e. The highest BCUT2D eigenvalue weighted by molar-refractivity contribution is 6.35. The quantitative estimate of drug-likeness (QED) is 0.582. The van der Waals surface area contributed by atoms with Gasteiger partial charge in [-0.05, 0) is 18.6 Å². The zero-order valence-electron chi connectivity index (χ0n) is 15.4. The lowest BCUT2D eigenvalue weighted by Crippen LogP contribution is -2.99. The summed E-state index contributed by atoms with van der Waals surface area (Å²) in [5.41, 5.74) is 5.11. The SMILES string of the molecule is CCCCN1C(=O)[C@@H]2[C@H](CC(N)=O)[NH2+][C@]3(C(=O)Nc4c(Cl)cccc43)[C@@H]2C1=O. The van der Waals surface area contributed by atoms with E-state index in [-0.39, 0.29) is 18.2 Å². The summed E-state index contributed by atoms with van der Waals surface area (Å²) in [5, 5.41) is 4.82. The molecule has 1 aromatic rings. The van der Waals surface area contributed by atoms with Crippen LogP contribution in [0.1, 0.15) is 31.7 Å². The van der Waals surface area contributed by atoms with Crippen LogP contribution in [0.25, 0.3) is 0 Å². The van der Waals surface area contributed by atoms with Crippen molar-refractivity contribution in [2.45, 2.75) is 37.8 Å². The normalized spacial score (nSPS) is 30.7. The zero-order valence-corrected chi connectivity index (χ0v) is 16.2. The van der Waals surface area contributed by atoms with E-state index < -0.39 is 35.2 Å². The Labute approximate surface area is 166 Å². The second-order valence-corrected chi connectivity index (χ2v) is 8.08. The molecular weight excluding hydrogens is 384 g/mol. The highest BCUT2D eigenvalue weighted by Crippen LogP contribution is 2.50. The van der Waals surface area contributed by atoms with Crippen molar-refractivity contribution >= 4 is 40.9 Å². The molecule has 8 nitrogen and oxygen atoms in total. The fraction of sp³-hybridized carbons (Fsp3) is 0.474. The van der Waals surface area contributed by atoms with E-state index in [9.17, 15) is 19.2 Å². The fourth-order valence-electron chi connectivity index (χ4n) is 4.97. The number of nitrogens with two attached hydrogens (primary N) is 2. The number of anilines is 1. The number of nitrogens with zero attached hydrogens (tertiary/aromatic N) is 1. The lowest BCUT2D eigenvalue weighted by atomic mass is 9.76. The molecule has 1 aromatic carbocycles. The van der Waals surface area contributed by atoms with Gasteiger partial charge in [0.1, 0.15) is 17.9 Å². The predicted octanol–water partition coefficient (Wildman–Crippen LogP) is -0.290. The number of nitrogens with one attached hydrogen (secondary N) is 1. The molecule has 148 valence electrons. The van der Waals surface area contributed by atoms with Crippen LogP contribution in [-0.2, 0) is 24.7 Å². The number of hydrogen-bond donors (Lipinski definition) is 3. The van der Waals surface area contributed by atoms with Crippen molar-refractivity contribution < 1.29 is 24.5 Å². The van der Waals surface area contributed by atoms with Crippen molar-refractivity contribution in [3.8, 4) is 0 Å². The average Bonchev–Trinajstić information content (AvgIpc) is 3.20. The maximum Gasteiger partial charge on any atom is 0.291 e. The summed E-state index contributed by atoms with van der Waals surface area (Å²) in [6.07, 6.45) is 1.42. The third-order valence-corrected chi connectivity index (χ3v) is 6.43. The molecule has 28 heavy (non-hydrogen) atoms. The number of quaternary nitrogens is 1. The Morgan fingerprint density at radius 2 is 2.07 bits per heavy atom. The molecule has 3 aliphatic heterocycles. The summed E-state index contributed by atoms with van der Waals surface area (Å²) in [6, 6.07) is 4.53. The minimum Gasteiger partial charge on any atom is -0.369 e. The molecule has 3 heterocycles. The number of benzene rings is 1. The molecule has 0 aliphatic carbocycles. The first-order valence-electron chi connectivity index (χ1n) is 9.43. The molecule has 1 spiro atoms. The Bertz CT molecular complexity index is 904. The highest BCUT2D eigenvalue weighted by atomic mass is 35.5. The van der Waals surface area contributed by atoms with Crippen molar-refractivity contribution in [2.75, 3.05) is 11.9 Å². The molecular formula is C19H22ClN4O4+. The number of carbonyl (C=O) groups is 4. The molecule has 2 fully saturated rings. The number of rotatable bonds is 5. The molecule has 0 aromatic heterocycles. The van der Waals surface area contributed by atoms with Gasteiger partial charge in [-0.2, -0.15) is 0 Å². The van der Waals surface area contributed by atoms with Crippen LogP contribution in [0.2, 0.25) is 5.02 Å². The number of carbonyl (C=O) groups excluding carboxylic acids is 4. The Kier molecular flexibility index (Phi) is 4.43. The van der Waals surface area contributed by atoms with Crippen molar-refractivity contribution in [2.24, 2.45) is 17.6 Å². The van der Waals surface area contributed by atoms with Gasteiger partial charge in [0.05, 0.1) is 17.1 Å². The van der Waals surface area contributed by atoms with Crippen molar-refractivity contribution in [3.05, 3.63) is 28.8 Å². The maximum atomic E-state index is 13.3. The van der Waals surface area contributed by atoms with Gasteiger partial charge in [0.15, 0.2) is 0 Å². The number of imide groups is 1. The van der Waals surface area contributed by atoms with E-state index in [0.29, 0.717) is 29.2 Å². The van der Waals surface area contributed by atoms with Crippen LogP contribution in [-0.4, -0.2) is 41.1 Å². The Morgan fingerprint density at radius 3 is 2.75 bits per heavy atom. The minimum absolute atomic E-state index is 0.0905. The summed E-state index contributed by atoms with van der Waals surface area (Å²) in [7, 11) is 0. The van der Waals surface area contributed by atoms with E-state index in [1.807, 2.05) is 6.92 Å². The van der Waals surface area contributed by atoms with Crippen LogP contribution in [0.4, 0.5) is 5.69 Å². The first-order chi connectivity index (χ1) is 13.3. The standard InChI is InChI=1S/C19H21ClN4O4/c1-2-3-7-24-16(26)13-11(8-12(21)25)23-19(14(13)17(24)27)9-5-4-6-10(20)15(9)22-18(19)28/h4-6,11,13-14,23H,2-3,7-8H2,1H3,(H2,21,25)(H,22,28)/p+1/t11-,13+,14-,19-/m0/s1. The molecule has 2 saturated heterocycles. The molecule has 4 rings (SSSR count). The van der Waals surface area contributed by atoms with Crippen molar-refractivity contribution in [3.63, 3.8) is 0 Å². The fourth-order valence-corrected chi connectivity index (χ4v) is 5.19. The Balaban J connectivity index is 1.85. The van der Waals surface area contributed by atoms with E-state index in [4.69, 9.17) is 17.3 Å². The second-order valence-electron chi connectivity index (χ2n) is 7.67. The zero-order chi connectivity index (χ0) is 20.2. The Hall–Kier alpha value is -2.45. The van der Waals surface area contributed by atoms with E-state index in [2.05, 4.69) is 5.32 Å². The van der Waals surface area contributed by atoms with Gasteiger partial charge in [0.2, 0.25) is 23.3 Å². The number of amides is 4. The van der Waals surface area contributed by atoms with Gasteiger partial charge < -0.3 is 16.4 Å². The van der Waals surface area contributed by atoms with Gasteiger partial charge in [0.25, 0.3) is 5.91 Å². The molecule has 4 atom stereocenters. The topological polar surface area (TPSA) is 126 Å². The number of primary amides is 1. The van der Waals surface area contributed by atoms with E-state index in [0.717, 1.165) is 6.42 Å². The number of para-hydroxylation sites is 1. The van der Waals surface area contributed by atoms with Gasteiger partial charge in [-0.15, -0.1) is 0 Å². The van der Waals surface area contributed by atoms with Gasteiger partial charge in [-0.1, -0.05) is 31.0 Å². The van der Waals surface area contributed by atoms with Gasteiger partial charge in [0, 0.05) is 12.1 Å². The van der Waals surface area contributed by atoms with Crippen LogP contribution in [0.5, 0.6) is 0 Å². The maximum absolute atomic E-state index is 13.3. The Morgan fingerprint density at radius 1 is 1.32 bits per heavy atom. The predicted molar refractivity (Wildman–Crippen MR) is 99.9 cm³/mol. The van der Waals surface area contributed by atoms with Crippen LogP contribution in [0.3, 0.4) is 0 Å². The van der Waals surface area contributed by atoms with Crippen LogP contribution < -0.4 is 16.4 Å². The van der Waals surface area contributed by atoms with Gasteiger partial charge >= 0.3 is 0 Å². The smallest absolute Gasteiger partial charge is 0.291 e. The van der Waals surface area contributed by atoms with E-state index >= 15 is 0 Å². The van der Waals surface area contributed by atoms with Gasteiger partial charge in [-0.3, -0.25) is 24.1 Å². The molecule has 3 aliphatic rings. The summed E-state index contributed by atoms with van der Waals surface area (Å²) >= 11 is 6.26. The third kappa shape index (κ3) is 2.41. The molecule has 0 radical (unpaired) electrons. The number of likely N-dealkylation sites (tertiary alicyclic amines) is 1.